The van der Waals surface area contributed by atoms with Crippen LogP contribution in [0.1, 0.15) is 35.4 Å². The van der Waals surface area contributed by atoms with Gasteiger partial charge in [-0.05, 0) is 62.7 Å². The molecule has 6 nitrogen and oxygen atoms in total. The highest BCUT2D eigenvalue weighted by atomic mass is 35.5. The van der Waals surface area contributed by atoms with E-state index in [-0.39, 0.29) is 16.3 Å². The summed E-state index contributed by atoms with van der Waals surface area (Å²) in [4.78, 5) is 21.3. The van der Waals surface area contributed by atoms with Crippen LogP contribution in [0.2, 0.25) is 5.15 Å². The molecule has 4 rings (SSSR count). The van der Waals surface area contributed by atoms with Crippen molar-refractivity contribution in [3.8, 4) is 23.1 Å². The lowest BCUT2D eigenvalue weighted by Crippen LogP contribution is -2.11. The van der Waals surface area contributed by atoms with E-state index in [1.807, 2.05) is 38.1 Å². The van der Waals surface area contributed by atoms with Crippen LogP contribution in [0.25, 0.3) is 22.3 Å². The van der Waals surface area contributed by atoms with E-state index in [4.69, 9.17) is 20.8 Å². The Bertz CT molecular complexity index is 1390. The minimum atomic E-state index is -0.523. The fourth-order valence-electron chi connectivity index (χ4n) is 3.49. The second-order valence-corrected chi connectivity index (χ2v) is 7.60. The molecule has 3 aromatic heterocycles. The Hall–Kier alpha value is -3.69. The summed E-state index contributed by atoms with van der Waals surface area (Å²) in [6.07, 6.45) is 2.80. The molecule has 0 spiro atoms. The number of aromatic nitrogens is 2. The Kier molecular flexibility index (Phi) is 5.45. The zero-order chi connectivity index (χ0) is 22.1. The van der Waals surface area contributed by atoms with Crippen LogP contribution in [-0.2, 0) is 0 Å². The molecule has 0 radical (unpaired) electrons. The van der Waals surface area contributed by atoms with Gasteiger partial charge in [-0.2, -0.15) is 5.26 Å². The third kappa shape index (κ3) is 3.88. The SMILES string of the molecule is Cc1cc([C@@H](C)Oc2ccc(Cl)nc2C#N)c2oc(-c3cccnc3)c(C)c(=O)c2c1. The van der Waals surface area contributed by atoms with Gasteiger partial charge in [0, 0.05) is 29.1 Å². The van der Waals surface area contributed by atoms with Crippen molar-refractivity contribution in [2.24, 2.45) is 0 Å². The third-order valence-corrected chi connectivity index (χ3v) is 5.20. The van der Waals surface area contributed by atoms with E-state index in [1.54, 1.807) is 37.5 Å². The number of rotatable bonds is 4. The second kappa shape index (κ2) is 8.21. The number of hydrogen-bond acceptors (Lipinski definition) is 6. The van der Waals surface area contributed by atoms with Crippen LogP contribution < -0.4 is 10.2 Å². The maximum atomic E-state index is 13.2. The van der Waals surface area contributed by atoms with Crippen LogP contribution in [0.4, 0.5) is 0 Å². The Morgan fingerprint density at radius 1 is 1.23 bits per heavy atom. The van der Waals surface area contributed by atoms with Crippen molar-refractivity contribution >= 4 is 22.6 Å². The first-order chi connectivity index (χ1) is 14.9. The average molecular weight is 432 g/mol. The summed E-state index contributed by atoms with van der Waals surface area (Å²) < 4.78 is 12.3. The predicted octanol–water partition coefficient (Wildman–Crippen LogP) is 5.53. The maximum Gasteiger partial charge on any atom is 0.196 e. The van der Waals surface area contributed by atoms with Gasteiger partial charge in [0.25, 0.3) is 0 Å². The lowest BCUT2D eigenvalue weighted by atomic mass is 10.0. The summed E-state index contributed by atoms with van der Waals surface area (Å²) in [7, 11) is 0. The van der Waals surface area contributed by atoms with Gasteiger partial charge in [0.2, 0.25) is 0 Å². The molecular formula is C24H18ClN3O3. The minimum Gasteiger partial charge on any atom is -0.483 e. The van der Waals surface area contributed by atoms with Crippen LogP contribution in [0.3, 0.4) is 0 Å². The van der Waals surface area contributed by atoms with Crippen molar-refractivity contribution in [1.29, 1.82) is 5.26 Å². The van der Waals surface area contributed by atoms with Gasteiger partial charge in [-0.3, -0.25) is 9.78 Å². The van der Waals surface area contributed by atoms with Crippen molar-refractivity contribution < 1.29 is 9.15 Å². The smallest absolute Gasteiger partial charge is 0.196 e. The van der Waals surface area contributed by atoms with Gasteiger partial charge in [0.1, 0.15) is 28.7 Å². The molecular weight excluding hydrogens is 414 g/mol. The topological polar surface area (TPSA) is 89.0 Å². The van der Waals surface area contributed by atoms with Crippen molar-refractivity contribution in [2.75, 3.05) is 0 Å². The monoisotopic (exact) mass is 431 g/mol. The van der Waals surface area contributed by atoms with Crippen molar-refractivity contribution in [1.82, 2.24) is 9.97 Å². The molecule has 0 saturated heterocycles. The number of nitrogens with zero attached hydrogens (tertiary/aromatic N) is 3. The zero-order valence-electron chi connectivity index (χ0n) is 17.1. The van der Waals surface area contributed by atoms with Gasteiger partial charge in [-0.25, -0.2) is 4.98 Å². The number of nitriles is 1. The number of aryl methyl sites for hydroxylation is 1. The maximum absolute atomic E-state index is 13.2. The van der Waals surface area contributed by atoms with Gasteiger partial charge >= 0.3 is 0 Å². The molecule has 1 aromatic carbocycles. The molecule has 4 aromatic rings. The quantitative estimate of drug-likeness (QED) is 0.394. The molecule has 0 aliphatic carbocycles. The van der Waals surface area contributed by atoms with Crippen LogP contribution in [0, 0.1) is 25.2 Å². The second-order valence-electron chi connectivity index (χ2n) is 7.21. The number of fused-ring (bicyclic) bond motifs is 1. The Morgan fingerprint density at radius 2 is 2.03 bits per heavy atom. The zero-order valence-corrected chi connectivity index (χ0v) is 17.9. The van der Waals surface area contributed by atoms with Crippen LogP contribution >= 0.6 is 11.6 Å². The standard InChI is InChI=1S/C24H18ClN3O3/c1-13-9-17(15(3)30-20-6-7-21(25)28-19(20)11-26)24-18(10-13)22(29)14(2)23(31-24)16-5-4-8-27-12-16/h4-10,12,15H,1-3H3/t15-/m1/s1. The van der Waals surface area contributed by atoms with E-state index in [2.05, 4.69) is 9.97 Å². The first-order valence-electron chi connectivity index (χ1n) is 9.60. The molecule has 0 N–H and O–H groups in total. The average Bonchev–Trinajstić information content (AvgIpc) is 2.77. The van der Waals surface area contributed by atoms with Crippen molar-refractivity contribution in [3.63, 3.8) is 0 Å². The van der Waals surface area contributed by atoms with E-state index in [0.717, 1.165) is 5.56 Å². The summed E-state index contributed by atoms with van der Waals surface area (Å²) in [5, 5.41) is 10.0. The van der Waals surface area contributed by atoms with E-state index in [9.17, 15) is 10.1 Å². The van der Waals surface area contributed by atoms with Crippen molar-refractivity contribution in [2.45, 2.75) is 26.9 Å². The molecule has 0 aliphatic heterocycles. The van der Waals surface area contributed by atoms with E-state index in [0.29, 0.717) is 39.2 Å². The van der Waals surface area contributed by atoms with E-state index < -0.39 is 6.10 Å². The normalized spacial score (nSPS) is 11.8. The Morgan fingerprint density at radius 3 is 2.74 bits per heavy atom. The molecule has 0 bridgehead atoms. The highest BCUT2D eigenvalue weighted by Gasteiger charge is 2.21. The number of pyridine rings is 2. The number of halogens is 1. The first kappa shape index (κ1) is 20.6. The molecule has 7 heteroatoms. The molecule has 0 unspecified atom stereocenters. The molecule has 0 saturated carbocycles. The number of benzene rings is 1. The first-order valence-corrected chi connectivity index (χ1v) is 9.98. The lowest BCUT2D eigenvalue weighted by Gasteiger charge is -2.18. The summed E-state index contributed by atoms with van der Waals surface area (Å²) in [6.45, 7) is 5.48. The molecule has 154 valence electrons. The molecule has 0 amide bonds. The number of ether oxygens (including phenoxy) is 1. The predicted molar refractivity (Wildman–Crippen MR) is 118 cm³/mol. The molecule has 31 heavy (non-hydrogen) atoms. The van der Waals surface area contributed by atoms with Gasteiger partial charge in [0.05, 0.1) is 5.39 Å². The van der Waals surface area contributed by atoms with Crippen LogP contribution in [0.5, 0.6) is 5.75 Å². The third-order valence-electron chi connectivity index (χ3n) is 4.99. The highest BCUT2D eigenvalue weighted by molar-refractivity contribution is 6.29. The molecule has 0 fully saturated rings. The van der Waals surface area contributed by atoms with E-state index >= 15 is 0 Å². The van der Waals surface area contributed by atoms with Gasteiger partial charge in [-0.15, -0.1) is 0 Å². The molecule has 3 heterocycles. The fraction of sp³-hybridized carbons (Fsp3) is 0.167. The Labute approximate surface area is 183 Å². The lowest BCUT2D eigenvalue weighted by molar-refractivity contribution is 0.225. The van der Waals surface area contributed by atoms with Gasteiger partial charge < -0.3 is 9.15 Å². The summed E-state index contributed by atoms with van der Waals surface area (Å²) in [5.74, 6) is 0.768. The summed E-state index contributed by atoms with van der Waals surface area (Å²) in [6, 6.07) is 12.5. The van der Waals surface area contributed by atoms with E-state index in [1.165, 1.54) is 0 Å². The fourth-order valence-corrected chi connectivity index (χ4v) is 3.64. The summed E-state index contributed by atoms with van der Waals surface area (Å²) in [5.41, 5.74) is 3.23. The summed E-state index contributed by atoms with van der Waals surface area (Å²) >= 11 is 5.88. The Balaban J connectivity index is 1.89. The van der Waals surface area contributed by atoms with Crippen molar-refractivity contribution in [3.05, 3.63) is 86.6 Å². The molecule has 0 aliphatic rings. The van der Waals surface area contributed by atoms with Gasteiger partial charge in [-0.1, -0.05) is 11.6 Å². The highest BCUT2D eigenvalue weighted by Crippen LogP contribution is 2.33. The van der Waals surface area contributed by atoms with Gasteiger partial charge in [0.15, 0.2) is 16.9 Å². The largest absolute Gasteiger partial charge is 0.483 e. The minimum absolute atomic E-state index is 0.0876. The number of hydrogen-bond donors (Lipinski definition) is 0. The van der Waals surface area contributed by atoms with Crippen LogP contribution in [0.15, 0.2) is 58.0 Å². The molecule has 1 atom stereocenters. The van der Waals surface area contributed by atoms with Crippen LogP contribution in [-0.4, -0.2) is 9.97 Å².